The van der Waals surface area contributed by atoms with Gasteiger partial charge in [-0.3, -0.25) is 19.5 Å². The number of pyridine rings is 2. The Balaban J connectivity index is 1.24. The molecule has 13 heteroatoms. The van der Waals surface area contributed by atoms with Crippen molar-refractivity contribution in [2.75, 3.05) is 44.9 Å². The zero-order valence-electron chi connectivity index (χ0n) is 25.2. The monoisotopic (exact) mass is 675 g/mol. The number of nitrogens with zero attached hydrogens (tertiary/aromatic N) is 4. The van der Waals surface area contributed by atoms with E-state index >= 15 is 0 Å². The van der Waals surface area contributed by atoms with Crippen molar-refractivity contribution in [2.24, 2.45) is 0 Å². The molecule has 1 atom stereocenters. The SMILES string of the molecule is COCCCc1cc(CN(C(=O)[C@H]2CNCC(=O)N2c2ccc(OCCOc3c(Cl)cc(C)cc3Cl)nc2)C2CC2)c(Cl)cn1. The van der Waals surface area contributed by atoms with Crippen LogP contribution in [0.1, 0.15) is 36.1 Å². The molecule has 1 N–H and O–H groups in total. The summed E-state index contributed by atoms with van der Waals surface area (Å²) in [6, 6.07) is 8.27. The van der Waals surface area contributed by atoms with Crippen molar-refractivity contribution in [3.05, 3.63) is 74.6 Å². The second-order valence-electron chi connectivity index (χ2n) is 11.1. The van der Waals surface area contributed by atoms with Crippen LogP contribution >= 0.6 is 34.8 Å². The molecule has 2 aliphatic rings. The van der Waals surface area contributed by atoms with E-state index in [0.717, 1.165) is 42.5 Å². The first-order chi connectivity index (χ1) is 21.7. The van der Waals surface area contributed by atoms with Crippen LogP contribution in [0.15, 0.2) is 42.7 Å². The maximum atomic E-state index is 14.1. The first-order valence-electron chi connectivity index (χ1n) is 14.9. The number of carbonyl (C=O) groups is 2. The number of ether oxygens (including phenoxy) is 3. The number of amides is 2. The van der Waals surface area contributed by atoms with Gasteiger partial charge in [0.2, 0.25) is 17.7 Å². The fourth-order valence-electron chi connectivity index (χ4n) is 5.24. The van der Waals surface area contributed by atoms with Crippen LogP contribution in [-0.4, -0.2) is 78.8 Å². The van der Waals surface area contributed by atoms with Crippen LogP contribution in [-0.2, 0) is 27.3 Å². The van der Waals surface area contributed by atoms with E-state index in [4.69, 9.17) is 49.0 Å². The molecule has 2 fully saturated rings. The number of piperazine rings is 1. The van der Waals surface area contributed by atoms with Crippen LogP contribution in [0.5, 0.6) is 11.6 Å². The van der Waals surface area contributed by atoms with E-state index in [1.165, 1.54) is 4.90 Å². The van der Waals surface area contributed by atoms with E-state index in [1.54, 1.807) is 43.8 Å². The molecule has 1 aromatic carbocycles. The van der Waals surface area contributed by atoms with Gasteiger partial charge in [0.15, 0.2) is 5.75 Å². The summed E-state index contributed by atoms with van der Waals surface area (Å²) in [7, 11) is 1.67. The van der Waals surface area contributed by atoms with Crippen molar-refractivity contribution >= 4 is 52.3 Å². The molecular weight excluding hydrogens is 641 g/mol. The fraction of sp³-hybridized carbons (Fsp3) is 0.438. The van der Waals surface area contributed by atoms with Crippen molar-refractivity contribution in [1.29, 1.82) is 0 Å². The Morgan fingerprint density at radius 3 is 2.47 bits per heavy atom. The number of halogens is 3. The van der Waals surface area contributed by atoms with E-state index < -0.39 is 6.04 Å². The van der Waals surface area contributed by atoms with E-state index in [1.807, 2.05) is 17.9 Å². The van der Waals surface area contributed by atoms with Crippen molar-refractivity contribution in [2.45, 2.75) is 51.2 Å². The number of rotatable bonds is 14. The molecule has 2 amide bonds. The highest BCUT2D eigenvalue weighted by Gasteiger charge is 2.41. The minimum Gasteiger partial charge on any atom is -0.487 e. The third-order valence-corrected chi connectivity index (χ3v) is 8.49. The van der Waals surface area contributed by atoms with Gasteiger partial charge in [-0.1, -0.05) is 34.8 Å². The number of methoxy groups -OCH3 is 1. The number of aryl methyl sites for hydroxylation is 2. The van der Waals surface area contributed by atoms with E-state index in [2.05, 4.69) is 15.3 Å². The molecule has 3 heterocycles. The van der Waals surface area contributed by atoms with E-state index in [-0.39, 0.29) is 37.6 Å². The van der Waals surface area contributed by atoms with Crippen LogP contribution in [0.3, 0.4) is 0 Å². The smallest absolute Gasteiger partial charge is 0.247 e. The van der Waals surface area contributed by atoms with Crippen molar-refractivity contribution in [3.63, 3.8) is 0 Å². The summed E-state index contributed by atoms with van der Waals surface area (Å²) in [4.78, 5) is 39.4. The first-order valence-corrected chi connectivity index (χ1v) is 16.0. The lowest BCUT2D eigenvalue weighted by Gasteiger charge is -2.38. The Bertz CT molecular complexity index is 1480. The van der Waals surface area contributed by atoms with Gasteiger partial charge in [0.1, 0.15) is 19.3 Å². The summed E-state index contributed by atoms with van der Waals surface area (Å²) in [5.41, 5.74) is 3.18. The molecule has 1 saturated heterocycles. The van der Waals surface area contributed by atoms with Crippen LogP contribution in [0, 0.1) is 6.92 Å². The number of aromatic nitrogens is 2. The average molecular weight is 677 g/mol. The Labute approximate surface area is 277 Å². The number of hydrogen-bond donors (Lipinski definition) is 1. The molecule has 2 aromatic heterocycles. The maximum absolute atomic E-state index is 14.1. The molecule has 0 unspecified atom stereocenters. The van der Waals surface area contributed by atoms with Gasteiger partial charge in [0.05, 0.1) is 33.5 Å². The molecule has 1 saturated carbocycles. The molecule has 10 nitrogen and oxygen atoms in total. The Kier molecular flexibility index (Phi) is 11.4. The highest BCUT2D eigenvalue weighted by Crippen LogP contribution is 2.34. The minimum atomic E-state index is -0.736. The van der Waals surface area contributed by atoms with Crippen LogP contribution in [0.2, 0.25) is 15.1 Å². The van der Waals surface area contributed by atoms with Crippen molar-refractivity contribution < 1.29 is 23.8 Å². The summed E-state index contributed by atoms with van der Waals surface area (Å²) in [5, 5.41) is 4.47. The summed E-state index contributed by atoms with van der Waals surface area (Å²) >= 11 is 19.0. The second-order valence-corrected chi connectivity index (χ2v) is 12.3. The second kappa shape index (κ2) is 15.4. The summed E-state index contributed by atoms with van der Waals surface area (Å²) < 4.78 is 16.6. The third kappa shape index (κ3) is 8.56. The zero-order chi connectivity index (χ0) is 31.9. The number of nitrogens with one attached hydrogen (secondary N) is 1. The predicted octanol–water partition coefficient (Wildman–Crippen LogP) is 5.28. The van der Waals surface area contributed by atoms with Crippen LogP contribution in [0.25, 0.3) is 0 Å². The third-order valence-electron chi connectivity index (χ3n) is 7.58. The fourth-order valence-corrected chi connectivity index (χ4v) is 6.10. The molecule has 1 aliphatic carbocycles. The lowest BCUT2D eigenvalue weighted by Crippen LogP contribution is -2.61. The minimum absolute atomic E-state index is 0.0957. The zero-order valence-corrected chi connectivity index (χ0v) is 27.5. The number of hydrogen-bond acceptors (Lipinski definition) is 8. The number of carbonyl (C=O) groups excluding carboxylic acids is 2. The average Bonchev–Trinajstić information content (AvgIpc) is 3.86. The van der Waals surface area contributed by atoms with Crippen molar-refractivity contribution in [3.8, 4) is 11.6 Å². The molecule has 0 radical (unpaired) electrons. The van der Waals surface area contributed by atoms with Gasteiger partial charge in [0.25, 0.3) is 0 Å². The van der Waals surface area contributed by atoms with Gasteiger partial charge in [0, 0.05) is 50.8 Å². The first kappa shape index (κ1) is 33.2. The van der Waals surface area contributed by atoms with E-state index in [0.29, 0.717) is 52.1 Å². The molecular formula is C32H36Cl3N5O5. The largest absolute Gasteiger partial charge is 0.487 e. The Morgan fingerprint density at radius 1 is 1.02 bits per heavy atom. The van der Waals surface area contributed by atoms with Gasteiger partial charge in [-0.15, -0.1) is 0 Å². The standard InChI is InChI=1S/C32H36Cl3N5O5/c1-20-12-25(33)31(26(34)13-20)45-11-10-44-29-8-7-24(15-38-29)40-28(17-36-18-30(40)41)32(42)39(23-5-6-23)19-21-14-22(4-3-9-43-2)37-16-27(21)35/h7-8,12-16,23,28,36H,3-6,9-11,17-19H2,1-2H3/t28-/m1/s1. The predicted molar refractivity (Wildman–Crippen MR) is 174 cm³/mol. The molecule has 240 valence electrons. The molecule has 5 rings (SSSR count). The Morgan fingerprint density at radius 2 is 1.78 bits per heavy atom. The van der Waals surface area contributed by atoms with Gasteiger partial charge < -0.3 is 24.4 Å². The molecule has 3 aromatic rings. The van der Waals surface area contributed by atoms with Gasteiger partial charge in [-0.05, 0) is 68.0 Å². The molecule has 0 bridgehead atoms. The maximum Gasteiger partial charge on any atom is 0.247 e. The topological polar surface area (TPSA) is 106 Å². The summed E-state index contributed by atoms with van der Waals surface area (Å²) in [6.45, 7) is 3.71. The highest BCUT2D eigenvalue weighted by atomic mass is 35.5. The van der Waals surface area contributed by atoms with Crippen LogP contribution in [0.4, 0.5) is 5.69 Å². The molecule has 0 spiro atoms. The Hall–Kier alpha value is -3.15. The summed E-state index contributed by atoms with van der Waals surface area (Å²) in [5.74, 6) is 0.395. The lowest BCUT2D eigenvalue weighted by molar-refractivity contribution is -0.136. The highest BCUT2D eigenvalue weighted by molar-refractivity contribution is 6.37. The van der Waals surface area contributed by atoms with Crippen LogP contribution < -0.4 is 19.7 Å². The lowest BCUT2D eigenvalue weighted by atomic mass is 10.1. The number of benzene rings is 1. The van der Waals surface area contributed by atoms with Gasteiger partial charge in [-0.2, -0.15) is 0 Å². The normalized spacial score (nSPS) is 16.5. The van der Waals surface area contributed by atoms with Gasteiger partial charge in [-0.25, -0.2) is 4.98 Å². The molecule has 1 aliphatic heterocycles. The van der Waals surface area contributed by atoms with Crippen molar-refractivity contribution in [1.82, 2.24) is 20.2 Å². The molecule has 45 heavy (non-hydrogen) atoms. The number of anilines is 1. The van der Waals surface area contributed by atoms with Gasteiger partial charge >= 0.3 is 0 Å². The van der Waals surface area contributed by atoms with E-state index in [9.17, 15) is 9.59 Å². The quantitative estimate of drug-likeness (QED) is 0.230. The summed E-state index contributed by atoms with van der Waals surface area (Å²) in [6.07, 6.45) is 6.58.